The molecule has 11 heteroatoms. The number of thioether (sulfide) groups is 1. The van der Waals surface area contributed by atoms with Crippen molar-refractivity contribution in [3.8, 4) is 0 Å². The molecule has 4 rings (SSSR count). The molecule has 1 aromatic carbocycles. The van der Waals surface area contributed by atoms with Crippen LogP contribution in [0, 0.1) is 0 Å². The van der Waals surface area contributed by atoms with E-state index in [1.165, 1.54) is 28.0 Å². The Morgan fingerprint density at radius 3 is 2.84 bits per heavy atom. The van der Waals surface area contributed by atoms with Gasteiger partial charge in [-0.3, -0.25) is 14.5 Å². The van der Waals surface area contributed by atoms with Crippen LogP contribution < -0.4 is 16.8 Å². The summed E-state index contributed by atoms with van der Waals surface area (Å²) < 4.78 is 0.815. The number of anilines is 1. The predicted octanol–water partition coefficient (Wildman–Crippen LogP) is 1.58. The van der Waals surface area contributed by atoms with Crippen molar-refractivity contribution in [1.29, 1.82) is 0 Å². The molecule has 0 aliphatic carbocycles. The minimum Gasteiger partial charge on any atom is -0.477 e. The van der Waals surface area contributed by atoms with E-state index in [2.05, 4.69) is 10.3 Å². The van der Waals surface area contributed by atoms with Crippen LogP contribution in [0.25, 0.3) is 10.2 Å². The highest BCUT2D eigenvalue weighted by Crippen LogP contribution is 2.42. The molecule has 1 fully saturated rings. The van der Waals surface area contributed by atoms with Gasteiger partial charge in [-0.1, -0.05) is 23.5 Å². The number of nitrogens with zero attached hydrogens (tertiary/aromatic N) is 2. The first-order valence-electron chi connectivity index (χ1n) is 9.49. The number of nitrogen functional groups attached to an aromatic ring is 1. The number of carboxylic acids is 1. The molecule has 162 valence electrons. The zero-order valence-corrected chi connectivity index (χ0v) is 18.4. The van der Waals surface area contributed by atoms with Crippen LogP contribution >= 0.6 is 23.1 Å². The maximum absolute atomic E-state index is 12.8. The van der Waals surface area contributed by atoms with Crippen molar-refractivity contribution in [3.63, 3.8) is 0 Å². The van der Waals surface area contributed by atoms with Crippen LogP contribution in [0.1, 0.15) is 25.5 Å². The van der Waals surface area contributed by atoms with Gasteiger partial charge in [0.25, 0.3) is 5.91 Å². The van der Waals surface area contributed by atoms with E-state index in [1.54, 1.807) is 18.2 Å². The third-order valence-electron chi connectivity index (χ3n) is 5.45. The molecule has 6 N–H and O–H groups in total. The molecule has 2 amide bonds. The van der Waals surface area contributed by atoms with Crippen molar-refractivity contribution in [2.24, 2.45) is 5.73 Å². The molecule has 0 radical (unpaired) electrons. The average molecular weight is 460 g/mol. The van der Waals surface area contributed by atoms with E-state index in [0.717, 1.165) is 15.8 Å². The Kier molecular flexibility index (Phi) is 5.50. The number of fused-ring (bicyclic) bond motifs is 2. The van der Waals surface area contributed by atoms with Gasteiger partial charge < -0.3 is 21.9 Å². The Balaban J connectivity index is 1.52. The van der Waals surface area contributed by atoms with Crippen LogP contribution in [0.4, 0.5) is 5.13 Å². The van der Waals surface area contributed by atoms with Crippen LogP contribution in [0.2, 0.25) is 0 Å². The number of hydrogen-bond acceptors (Lipinski definition) is 8. The van der Waals surface area contributed by atoms with Crippen molar-refractivity contribution in [2.75, 3.05) is 11.5 Å². The normalized spacial score (nSPS) is 22.2. The summed E-state index contributed by atoms with van der Waals surface area (Å²) in [7, 11) is 0. The molecule has 9 nitrogen and oxygen atoms in total. The third-order valence-corrected chi connectivity index (χ3v) is 7.58. The number of carbonyl (C=O) groups is 3. The second kappa shape index (κ2) is 7.98. The van der Waals surface area contributed by atoms with Gasteiger partial charge in [-0.2, -0.15) is 0 Å². The number of nitrogens with one attached hydrogen (secondary N) is 1. The summed E-state index contributed by atoms with van der Waals surface area (Å²) in [6.45, 7) is 3.63. The fourth-order valence-electron chi connectivity index (χ4n) is 3.64. The second-order valence-electron chi connectivity index (χ2n) is 7.26. The molecule has 0 saturated carbocycles. The minimum atomic E-state index is -1.16. The quantitative estimate of drug-likeness (QED) is 0.492. The number of aliphatic carboxylic acids is 1. The van der Waals surface area contributed by atoms with E-state index < -0.39 is 35.2 Å². The molecule has 0 spiro atoms. The highest BCUT2D eigenvalue weighted by molar-refractivity contribution is 8.00. The van der Waals surface area contributed by atoms with Gasteiger partial charge in [0.2, 0.25) is 5.91 Å². The van der Waals surface area contributed by atoms with Crippen LogP contribution in [0.5, 0.6) is 0 Å². The topological polar surface area (TPSA) is 152 Å². The first kappa shape index (κ1) is 21.3. The Hall–Kier alpha value is -2.89. The van der Waals surface area contributed by atoms with Crippen molar-refractivity contribution in [3.05, 3.63) is 46.7 Å². The molecular weight excluding hydrogens is 438 g/mol. The predicted molar refractivity (Wildman–Crippen MR) is 120 cm³/mol. The number of aromatic nitrogens is 1. The molecule has 3 atom stereocenters. The molecule has 2 aliphatic heterocycles. The highest BCUT2D eigenvalue weighted by Gasteiger charge is 2.54. The van der Waals surface area contributed by atoms with Crippen molar-refractivity contribution < 1.29 is 19.5 Å². The fourth-order valence-corrected chi connectivity index (χ4v) is 5.86. The summed E-state index contributed by atoms with van der Waals surface area (Å²) in [6.07, 6.45) is 1.81. The monoisotopic (exact) mass is 459 g/mol. The molecule has 31 heavy (non-hydrogen) atoms. The average Bonchev–Trinajstić information content (AvgIpc) is 3.13. The summed E-state index contributed by atoms with van der Waals surface area (Å²) in [4.78, 5) is 42.8. The zero-order chi connectivity index (χ0) is 22.4. The summed E-state index contributed by atoms with van der Waals surface area (Å²) in [5.41, 5.74) is 14.6. The lowest BCUT2D eigenvalue weighted by molar-refractivity contribution is -0.150. The number of hydrogen-bond donors (Lipinski definition) is 4. The molecule has 3 unspecified atom stereocenters. The minimum absolute atomic E-state index is 0.0209. The number of thiazole rings is 1. The highest BCUT2D eigenvalue weighted by atomic mass is 32.2. The van der Waals surface area contributed by atoms with E-state index in [1.807, 2.05) is 19.9 Å². The van der Waals surface area contributed by atoms with E-state index in [4.69, 9.17) is 11.5 Å². The van der Waals surface area contributed by atoms with Gasteiger partial charge in [0.15, 0.2) is 5.13 Å². The number of amides is 2. The van der Waals surface area contributed by atoms with Crippen molar-refractivity contribution in [2.45, 2.75) is 31.3 Å². The standard InChI is InChI=1S/C20H21N5O4S2/c1-3-8(2)10-7-30-18-14(17(27)25(18)15(10)19(28)29)24-16(26)13(21)9-4-5-11-12(6-9)31-20(22)23-11/h3-6,13-14,18H,7,21H2,1-2H3,(H2,22,23)(H,24,26)(H,28,29). The van der Waals surface area contributed by atoms with E-state index >= 15 is 0 Å². The maximum Gasteiger partial charge on any atom is 0.352 e. The molecular formula is C20H21N5O4S2. The second-order valence-corrected chi connectivity index (χ2v) is 9.42. The number of β-lactam (4-membered cyclic amide) rings is 1. The molecule has 1 saturated heterocycles. The molecule has 2 aromatic rings. The molecule has 3 heterocycles. The van der Waals surface area contributed by atoms with E-state index in [9.17, 15) is 19.5 Å². The van der Waals surface area contributed by atoms with Gasteiger partial charge in [0.05, 0.1) is 10.2 Å². The lowest BCUT2D eigenvalue weighted by atomic mass is 9.98. The number of benzene rings is 1. The third kappa shape index (κ3) is 3.58. The smallest absolute Gasteiger partial charge is 0.352 e. The fraction of sp³-hybridized carbons (Fsp3) is 0.300. The largest absolute Gasteiger partial charge is 0.477 e. The lowest BCUT2D eigenvalue weighted by Gasteiger charge is -2.49. The number of nitrogens with two attached hydrogens (primary N) is 2. The number of carboxylic acid groups (broad SMARTS) is 1. The molecule has 0 bridgehead atoms. The van der Waals surface area contributed by atoms with Crippen molar-refractivity contribution >= 4 is 56.2 Å². The maximum atomic E-state index is 12.8. The summed E-state index contributed by atoms with van der Waals surface area (Å²) in [5, 5.41) is 12.3. The van der Waals surface area contributed by atoms with Crippen LogP contribution in [0.15, 0.2) is 41.1 Å². The first-order chi connectivity index (χ1) is 14.7. The van der Waals surface area contributed by atoms with E-state index in [-0.39, 0.29) is 5.70 Å². The molecule has 1 aromatic heterocycles. The number of allylic oxidation sites excluding steroid dienone is 2. The Bertz CT molecular complexity index is 1170. The van der Waals surface area contributed by atoms with Gasteiger partial charge >= 0.3 is 5.97 Å². The Morgan fingerprint density at radius 2 is 2.16 bits per heavy atom. The Morgan fingerprint density at radius 1 is 1.42 bits per heavy atom. The first-order valence-corrected chi connectivity index (χ1v) is 11.4. The summed E-state index contributed by atoms with van der Waals surface area (Å²) in [5.74, 6) is -1.68. The van der Waals surface area contributed by atoms with Crippen LogP contribution in [-0.4, -0.2) is 49.9 Å². The summed E-state index contributed by atoms with van der Waals surface area (Å²) >= 11 is 2.72. The van der Waals surface area contributed by atoms with Gasteiger partial charge in [0.1, 0.15) is 23.2 Å². The number of rotatable bonds is 5. The lowest BCUT2D eigenvalue weighted by Crippen LogP contribution is -2.71. The Labute approximate surface area is 186 Å². The van der Waals surface area contributed by atoms with Gasteiger partial charge in [-0.25, -0.2) is 9.78 Å². The zero-order valence-electron chi connectivity index (χ0n) is 16.8. The SMILES string of the molecule is CC=C(C)C1=C(C(=O)O)N2C(=O)C(NC(=O)C(N)c3ccc4nc(N)sc4c3)C2SC1. The van der Waals surface area contributed by atoms with Crippen LogP contribution in [-0.2, 0) is 14.4 Å². The van der Waals surface area contributed by atoms with Gasteiger partial charge in [0, 0.05) is 5.75 Å². The molecule has 2 aliphatic rings. The number of carbonyl (C=O) groups excluding carboxylic acids is 2. The van der Waals surface area contributed by atoms with Gasteiger partial charge in [-0.05, 0) is 42.7 Å². The van der Waals surface area contributed by atoms with Gasteiger partial charge in [-0.15, -0.1) is 11.8 Å². The van der Waals surface area contributed by atoms with Crippen molar-refractivity contribution in [1.82, 2.24) is 15.2 Å². The summed E-state index contributed by atoms with van der Waals surface area (Å²) in [6, 6.07) is 3.39. The van der Waals surface area contributed by atoms with Crippen LogP contribution in [0.3, 0.4) is 0 Å². The van der Waals surface area contributed by atoms with E-state index in [0.29, 0.717) is 22.0 Å².